The maximum absolute atomic E-state index is 5.69. The molecule has 0 atom stereocenters. The summed E-state index contributed by atoms with van der Waals surface area (Å²) in [5, 5.41) is 8.63. The van der Waals surface area contributed by atoms with Crippen molar-refractivity contribution in [3.8, 4) is 0 Å². The fourth-order valence-electron chi connectivity index (χ4n) is 1.28. The van der Waals surface area contributed by atoms with Crippen LogP contribution in [0.2, 0.25) is 0 Å². The third-order valence-electron chi connectivity index (χ3n) is 1.85. The maximum Gasteiger partial charge on any atom is 0.153 e. The number of hydrogen-bond acceptors (Lipinski definition) is 2. The summed E-state index contributed by atoms with van der Waals surface area (Å²) < 4.78 is 0. The van der Waals surface area contributed by atoms with E-state index in [4.69, 9.17) is 5.73 Å². The molecule has 62 valence electrons. The van der Waals surface area contributed by atoms with E-state index in [9.17, 15) is 0 Å². The average molecular weight is 226 g/mol. The summed E-state index contributed by atoms with van der Waals surface area (Å²) in [6.07, 6.45) is 0. The lowest BCUT2D eigenvalue weighted by Gasteiger charge is -1.96. The molecule has 0 radical (unpaired) electrons. The minimum Gasteiger partial charge on any atom is -0.382 e. The average Bonchev–Trinajstić information content (AvgIpc) is 2.48. The summed E-state index contributed by atoms with van der Waals surface area (Å²) in [4.78, 5) is 0. The van der Waals surface area contributed by atoms with Crippen molar-refractivity contribution >= 4 is 32.7 Å². The van der Waals surface area contributed by atoms with Crippen molar-refractivity contribution in [3.05, 3.63) is 23.8 Å². The minimum absolute atomic E-state index is 0.569. The van der Waals surface area contributed by atoms with Gasteiger partial charge in [-0.15, -0.1) is 0 Å². The first-order chi connectivity index (χ1) is 5.83. The van der Waals surface area contributed by atoms with E-state index in [1.165, 1.54) is 5.56 Å². The minimum atomic E-state index is 0.569. The Morgan fingerprint density at radius 1 is 1.50 bits per heavy atom. The molecule has 3 N–H and O–H groups in total. The number of halogens is 1. The molecule has 0 spiro atoms. The normalized spacial score (nSPS) is 10.8. The lowest BCUT2D eigenvalue weighted by Crippen LogP contribution is -1.86. The van der Waals surface area contributed by atoms with E-state index < -0.39 is 0 Å². The van der Waals surface area contributed by atoms with Crippen molar-refractivity contribution in [2.24, 2.45) is 0 Å². The monoisotopic (exact) mass is 225 g/mol. The van der Waals surface area contributed by atoms with Gasteiger partial charge in [0.25, 0.3) is 0 Å². The zero-order valence-electron chi connectivity index (χ0n) is 6.34. The first-order valence-electron chi connectivity index (χ1n) is 3.60. The topological polar surface area (TPSA) is 54.7 Å². The number of hydrogen-bond donors (Lipinski definition) is 2. The Kier molecular flexibility index (Phi) is 1.77. The van der Waals surface area contributed by atoms with E-state index in [0.29, 0.717) is 5.82 Å². The lowest BCUT2D eigenvalue weighted by atomic mass is 10.1. The van der Waals surface area contributed by atoms with E-state index in [1.807, 2.05) is 18.2 Å². The Morgan fingerprint density at radius 2 is 2.33 bits per heavy atom. The van der Waals surface area contributed by atoms with Gasteiger partial charge in [0.1, 0.15) is 0 Å². The van der Waals surface area contributed by atoms with Gasteiger partial charge in [-0.05, 0) is 11.6 Å². The number of H-pyrrole nitrogens is 1. The smallest absolute Gasteiger partial charge is 0.153 e. The number of benzene rings is 1. The highest BCUT2D eigenvalue weighted by atomic mass is 79.9. The lowest BCUT2D eigenvalue weighted by molar-refractivity contribution is 1.13. The van der Waals surface area contributed by atoms with Crippen LogP contribution in [0, 0.1) is 0 Å². The van der Waals surface area contributed by atoms with Gasteiger partial charge < -0.3 is 5.73 Å². The van der Waals surface area contributed by atoms with Crippen LogP contribution in [0.15, 0.2) is 18.2 Å². The molecule has 0 aliphatic carbocycles. The molecule has 0 amide bonds. The quantitative estimate of drug-likeness (QED) is 0.731. The van der Waals surface area contributed by atoms with Crippen LogP contribution in [0.1, 0.15) is 5.56 Å². The number of aromatic nitrogens is 2. The summed E-state index contributed by atoms with van der Waals surface area (Å²) in [6, 6.07) is 5.98. The van der Waals surface area contributed by atoms with Gasteiger partial charge in [-0.1, -0.05) is 28.1 Å². The molecule has 1 aromatic carbocycles. The van der Waals surface area contributed by atoms with Gasteiger partial charge >= 0.3 is 0 Å². The van der Waals surface area contributed by atoms with Gasteiger partial charge in [0.15, 0.2) is 5.82 Å². The highest BCUT2D eigenvalue weighted by Crippen LogP contribution is 2.23. The Bertz CT molecular complexity index is 408. The van der Waals surface area contributed by atoms with Crippen molar-refractivity contribution in [1.29, 1.82) is 0 Å². The summed E-state index contributed by atoms with van der Waals surface area (Å²) in [5.74, 6) is 0.569. The van der Waals surface area contributed by atoms with Crippen LogP contribution in [0.4, 0.5) is 5.82 Å². The first kappa shape index (κ1) is 7.61. The van der Waals surface area contributed by atoms with Crippen LogP contribution < -0.4 is 5.73 Å². The molecule has 1 aromatic heterocycles. The number of nitrogens with one attached hydrogen (secondary N) is 1. The van der Waals surface area contributed by atoms with E-state index in [0.717, 1.165) is 16.2 Å². The summed E-state index contributed by atoms with van der Waals surface area (Å²) in [6.45, 7) is 0. The Balaban J connectivity index is 2.84. The molecule has 3 nitrogen and oxygen atoms in total. The highest BCUT2D eigenvalue weighted by molar-refractivity contribution is 9.08. The van der Waals surface area contributed by atoms with Gasteiger partial charge in [0.2, 0.25) is 0 Å². The highest BCUT2D eigenvalue weighted by Gasteiger charge is 2.05. The molecule has 0 aliphatic heterocycles. The largest absolute Gasteiger partial charge is 0.382 e. The predicted octanol–water partition coefficient (Wildman–Crippen LogP) is 2.04. The molecule has 0 aliphatic rings. The molecule has 2 rings (SSSR count). The zero-order valence-corrected chi connectivity index (χ0v) is 7.93. The van der Waals surface area contributed by atoms with Crippen molar-refractivity contribution in [1.82, 2.24) is 10.2 Å². The molecular formula is C8H8BrN3. The fourth-order valence-corrected chi connectivity index (χ4v) is 1.75. The predicted molar refractivity (Wildman–Crippen MR) is 53.1 cm³/mol. The Labute approximate surface area is 78.1 Å². The molecule has 0 unspecified atom stereocenters. The molecule has 4 heteroatoms. The molecular weight excluding hydrogens is 218 g/mol. The number of nitrogens with zero attached hydrogens (tertiary/aromatic N) is 1. The molecule has 2 aromatic rings. The van der Waals surface area contributed by atoms with Gasteiger partial charge in [-0.3, -0.25) is 5.10 Å². The van der Waals surface area contributed by atoms with Crippen LogP contribution in [0.25, 0.3) is 10.9 Å². The Morgan fingerprint density at radius 3 is 3.08 bits per heavy atom. The molecule has 0 bridgehead atoms. The Hall–Kier alpha value is -1.03. The second-order valence-corrected chi connectivity index (χ2v) is 3.14. The van der Waals surface area contributed by atoms with E-state index in [2.05, 4.69) is 26.1 Å². The number of rotatable bonds is 1. The SMILES string of the molecule is Nc1n[nH]c2cccc(CBr)c12. The third kappa shape index (κ3) is 0.992. The van der Waals surface area contributed by atoms with E-state index >= 15 is 0 Å². The van der Waals surface area contributed by atoms with Gasteiger partial charge in [-0.2, -0.15) is 5.10 Å². The fraction of sp³-hybridized carbons (Fsp3) is 0.125. The molecule has 12 heavy (non-hydrogen) atoms. The van der Waals surface area contributed by atoms with Crippen molar-refractivity contribution in [2.75, 3.05) is 5.73 Å². The number of aromatic amines is 1. The number of nitrogen functional groups attached to an aromatic ring is 1. The van der Waals surface area contributed by atoms with Crippen molar-refractivity contribution < 1.29 is 0 Å². The summed E-state index contributed by atoms with van der Waals surface area (Å²) in [5.41, 5.74) is 7.85. The van der Waals surface area contributed by atoms with E-state index in [-0.39, 0.29) is 0 Å². The van der Waals surface area contributed by atoms with E-state index in [1.54, 1.807) is 0 Å². The third-order valence-corrected chi connectivity index (χ3v) is 2.45. The van der Waals surface area contributed by atoms with Crippen molar-refractivity contribution in [2.45, 2.75) is 5.33 Å². The van der Waals surface area contributed by atoms with Crippen LogP contribution in [0.5, 0.6) is 0 Å². The molecule has 1 heterocycles. The first-order valence-corrected chi connectivity index (χ1v) is 4.72. The zero-order chi connectivity index (χ0) is 8.55. The van der Waals surface area contributed by atoms with Gasteiger partial charge in [0, 0.05) is 10.7 Å². The molecule has 0 saturated heterocycles. The van der Waals surface area contributed by atoms with Crippen LogP contribution in [-0.4, -0.2) is 10.2 Å². The van der Waals surface area contributed by atoms with Crippen LogP contribution >= 0.6 is 15.9 Å². The van der Waals surface area contributed by atoms with Gasteiger partial charge in [-0.25, -0.2) is 0 Å². The number of alkyl halides is 1. The van der Waals surface area contributed by atoms with Crippen LogP contribution in [-0.2, 0) is 5.33 Å². The maximum atomic E-state index is 5.69. The second-order valence-electron chi connectivity index (χ2n) is 2.58. The second kappa shape index (κ2) is 2.79. The molecule has 0 fully saturated rings. The molecule has 0 saturated carbocycles. The van der Waals surface area contributed by atoms with Gasteiger partial charge in [0.05, 0.1) is 5.52 Å². The van der Waals surface area contributed by atoms with Crippen molar-refractivity contribution in [3.63, 3.8) is 0 Å². The standard InChI is InChI=1S/C8H8BrN3/c9-4-5-2-1-3-6-7(5)8(10)12-11-6/h1-3H,4H2,(H3,10,11,12). The number of nitrogens with two attached hydrogens (primary N) is 1. The number of fused-ring (bicyclic) bond motifs is 1. The number of anilines is 1. The summed E-state index contributed by atoms with van der Waals surface area (Å²) in [7, 11) is 0. The van der Waals surface area contributed by atoms with Crippen LogP contribution in [0.3, 0.4) is 0 Å². The summed E-state index contributed by atoms with van der Waals surface area (Å²) >= 11 is 3.40.